The zero-order valence-corrected chi connectivity index (χ0v) is 11.2. The van der Waals surface area contributed by atoms with E-state index in [-0.39, 0.29) is 5.91 Å². The number of carbonyl (C=O) groups excluding carboxylic acids is 1. The molecule has 0 saturated carbocycles. The first-order valence-electron chi connectivity index (χ1n) is 6.59. The number of rotatable bonds is 3. The highest BCUT2D eigenvalue weighted by Crippen LogP contribution is 2.26. The first-order valence-corrected chi connectivity index (χ1v) is 7.64. The number of fused-ring (bicyclic) bond motifs is 1. The van der Waals surface area contributed by atoms with Crippen LogP contribution in [0.15, 0.2) is 18.2 Å². The van der Waals surface area contributed by atoms with Crippen molar-refractivity contribution in [2.45, 2.75) is 24.5 Å². The van der Waals surface area contributed by atoms with Gasteiger partial charge >= 0.3 is 0 Å². The highest BCUT2D eigenvalue weighted by molar-refractivity contribution is 8.00. The fourth-order valence-corrected chi connectivity index (χ4v) is 3.76. The number of amides is 1. The number of benzene rings is 1. The lowest BCUT2D eigenvalue weighted by atomic mass is 10.1. The summed E-state index contributed by atoms with van der Waals surface area (Å²) in [6.45, 7) is 1.79. The van der Waals surface area contributed by atoms with E-state index in [0.29, 0.717) is 5.25 Å². The molecule has 0 spiro atoms. The first-order chi connectivity index (χ1) is 8.83. The van der Waals surface area contributed by atoms with Crippen molar-refractivity contribution in [2.24, 2.45) is 0 Å². The van der Waals surface area contributed by atoms with E-state index < -0.39 is 0 Å². The van der Waals surface area contributed by atoms with Gasteiger partial charge in [-0.05, 0) is 48.8 Å². The molecule has 1 saturated heterocycles. The highest BCUT2D eigenvalue weighted by Gasteiger charge is 2.17. The van der Waals surface area contributed by atoms with E-state index in [1.54, 1.807) is 0 Å². The van der Waals surface area contributed by atoms with Crippen LogP contribution in [0.25, 0.3) is 0 Å². The molecule has 1 unspecified atom stereocenters. The van der Waals surface area contributed by atoms with E-state index in [2.05, 4.69) is 10.6 Å². The minimum absolute atomic E-state index is 0.0669. The lowest BCUT2D eigenvalue weighted by molar-refractivity contribution is 0.0953. The van der Waals surface area contributed by atoms with E-state index in [1.165, 1.54) is 29.8 Å². The Labute approximate surface area is 112 Å². The molecule has 4 heteroatoms. The van der Waals surface area contributed by atoms with Crippen molar-refractivity contribution in [1.82, 2.24) is 5.32 Å². The molecule has 2 aliphatic rings. The molecule has 1 atom stereocenters. The van der Waals surface area contributed by atoms with Crippen LogP contribution in [-0.4, -0.2) is 30.0 Å². The van der Waals surface area contributed by atoms with Crippen molar-refractivity contribution < 1.29 is 4.79 Å². The normalized spacial score (nSPS) is 21.4. The summed E-state index contributed by atoms with van der Waals surface area (Å²) in [5.41, 5.74) is 3.23. The third kappa shape index (κ3) is 2.48. The second-order valence-electron chi connectivity index (χ2n) is 4.89. The van der Waals surface area contributed by atoms with Crippen molar-refractivity contribution >= 4 is 23.4 Å². The third-order valence-corrected chi connectivity index (χ3v) is 4.99. The predicted octanol–water partition coefficient (Wildman–Crippen LogP) is 2.28. The predicted molar refractivity (Wildman–Crippen MR) is 76.4 cm³/mol. The molecule has 3 nitrogen and oxygen atoms in total. The van der Waals surface area contributed by atoms with Gasteiger partial charge in [0.15, 0.2) is 0 Å². The fourth-order valence-electron chi connectivity index (χ4n) is 2.56. The Morgan fingerprint density at radius 1 is 1.50 bits per heavy atom. The molecule has 96 valence electrons. The Bertz CT molecular complexity index is 455. The maximum atomic E-state index is 12.1. The molecule has 1 fully saturated rings. The van der Waals surface area contributed by atoms with E-state index >= 15 is 0 Å². The zero-order valence-electron chi connectivity index (χ0n) is 10.4. The summed E-state index contributed by atoms with van der Waals surface area (Å²) in [5, 5.41) is 6.98. The smallest absolute Gasteiger partial charge is 0.251 e. The molecule has 1 amide bonds. The van der Waals surface area contributed by atoms with Gasteiger partial charge in [0.1, 0.15) is 0 Å². The van der Waals surface area contributed by atoms with Crippen molar-refractivity contribution in [3.8, 4) is 0 Å². The molecule has 18 heavy (non-hydrogen) atoms. The first kappa shape index (κ1) is 11.9. The lowest BCUT2D eigenvalue weighted by Crippen LogP contribution is -2.29. The van der Waals surface area contributed by atoms with Crippen molar-refractivity contribution in [1.29, 1.82) is 0 Å². The summed E-state index contributed by atoms with van der Waals surface area (Å²) < 4.78 is 0. The minimum atomic E-state index is 0.0669. The van der Waals surface area contributed by atoms with Crippen LogP contribution in [-0.2, 0) is 6.42 Å². The Balaban J connectivity index is 1.61. The molecule has 2 N–H and O–H groups in total. The van der Waals surface area contributed by atoms with Crippen molar-refractivity contribution in [3.63, 3.8) is 0 Å². The minimum Gasteiger partial charge on any atom is -0.384 e. The van der Waals surface area contributed by atoms with Gasteiger partial charge in [0.25, 0.3) is 5.91 Å². The van der Waals surface area contributed by atoms with Crippen LogP contribution in [0, 0.1) is 0 Å². The van der Waals surface area contributed by atoms with E-state index in [1.807, 2.05) is 30.0 Å². The summed E-state index contributed by atoms with van der Waals surface area (Å²) in [6.07, 6.45) is 3.55. The maximum absolute atomic E-state index is 12.1. The van der Waals surface area contributed by atoms with Gasteiger partial charge in [-0.1, -0.05) is 0 Å². The highest BCUT2D eigenvalue weighted by atomic mass is 32.2. The average Bonchev–Trinajstić information content (AvgIpc) is 3.05. The Morgan fingerprint density at radius 3 is 3.28 bits per heavy atom. The van der Waals surface area contributed by atoms with Crippen LogP contribution in [0.3, 0.4) is 0 Å². The number of hydrogen-bond acceptors (Lipinski definition) is 3. The molecule has 2 heterocycles. The van der Waals surface area contributed by atoms with Gasteiger partial charge in [-0.15, -0.1) is 0 Å². The Morgan fingerprint density at radius 2 is 2.44 bits per heavy atom. The summed E-state index contributed by atoms with van der Waals surface area (Å²) >= 11 is 1.97. The van der Waals surface area contributed by atoms with Crippen LogP contribution in [0.1, 0.15) is 28.8 Å². The Kier molecular flexibility index (Phi) is 3.46. The van der Waals surface area contributed by atoms with E-state index in [0.717, 1.165) is 25.1 Å². The van der Waals surface area contributed by atoms with Crippen molar-refractivity contribution in [2.75, 3.05) is 24.2 Å². The summed E-state index contributed by atoms with van der Waals surface area (Å²) in [5.74, 6) is 1.31. The van der Waals surface area contributed by atoms with E-state index in [9.17, 15) is 4.79 Å². The molecular formula is C14H18N2OS. The number of thioether (sulfide) groups is 1. The molecule has 2 aliphatic heterocycles. The van der Waals surface area contributed by atoms with E-state index in [4.69, 9.17) is 0 Å². The van der Waals surface area contributed by atoms with Crippen LogP contribution < -0.4 is 10.6 Å². The second-order valence-corrected chi connectivity index (χ2v) is 6.30. The van der Waals surface area contributed by atoms with Gasteiger partial charge in [0.2, 0.25) is 0 Å². The van der Waals surface area contributed by atoms with Gasteiger partial charge in [0.05, 0.1) is 0 Å². The van der Waals surface area contributed by atoms with Crippen molar-refractivity contribution in [3.05, 3.63) is 29.3 Å². The molecular weight excluding hydrogens is 244 g/mol. The molecule has 0 aromatic heterocycles. The number of hydrogen-bond donors (Lipinski definition) is 2. The summed E-state index contributed by atoms with van der Waals surface area (Å²) in [7, 11) is 0. The van der Waals surface area contributed by atoms with Gasteiger partial charge in [-0.2, -0.15) is 11.8 Å². The molecule has 0 bridgehead atoms. The Hall–Kier alpha value is -1.16. The van der Waals surface area contributed by atoms with Gasteiger partial charge in [-0.3, -0.25) is 4.79 Å². The number of carbonyl (C=O) groups is 1. The third-order valence-electron chi connectivity index (χ3n) is 3.59. The van der Waals surface area contributed by atoms with Crippen LogP contribution in [0.4, 0.5) is 5.69 Å². The quantitative estimate of drug-likeness (QED) is 0.878. The lowest BCUT2D eigenvalue weighted by Gasteiger charge is -2.10. The number of nitrogens with one attached hydrogen (secondary N) is 2. The molecule has 3 rings (SSSR count). The van der Waals surface area contributed by atoms with Crippen LogP contribution in [0.5, 0.6) is 0 Å². The zero-order chi connectivity index (χ0) is 12.4. The van der Waals surface area contributed by atoms with Gasteiger partial charge in [0, 0.05) is 29.6 Å². The largest absolute Gasteiger partial charge is 0.384 e. The summed E-state index contributed by atoms with van der Waals surface area (Å²) in [6, 6.07) is 5.95. The van der Waals surface area contributed by atoms with Crippen LogP contribution >= 0.6 is 11.8 Å². The monoisotopic (exact) mass is 262 g/mol. The van der Waals surface area contributed by atoms with Crippen LogP contribution in [0.2, 0.25) is 0 Å². The molecule has 1 aromatic carbocycles. The van der Waals surface area contributed by atoms with Gasteiger partial charge < -0.3 is 10.6 Å². The SMILES string of the molecule is O=C(NCC1CCCS1)c1ccc2c(c1)CCN2. The molecule has 1 aromatic rings. The number of anilines is 1. The molecule has 0 radical (unpaired) electrons. The maximum Gasteiger partial charge on any atom is 0.251 e. The summed E-state index contributed by atoms with van der Waals surface area (Å²) in [4.78, 5) is 12.1. The molecule has 0 aliphatic carbocycles. The fraction of sp³-hybridized carbons (Fsp3) is 0.500. The van der Waals surface area contributed by atoms with Gasteiger partial charge in [-0.25, -0.2) is 0 Å². The standard InChI is InChI=1S/C14H18N2OS/c17-14(16-9-12-2-1-7-18-12)11-3-4-13-10(8-11)5-6-15-13/h3-4,8,12,15H,1-2,5-7,9H2,(H,16,17). The second kappa shape index (κ2) is 5.22. The average molecular weight is 262 g/mol. The topological polar surface area (TPSA) is 41.1 Å².